The molecule has 0 radical (unpaired) electrons. The fourth-order valence-electron chi connectivity index (χ4n) is 1.38. The minimum Gasteiger partial charge on any atom is -0.361 e. The molecule has 0 saturated carbocycles. The van der Waals surface area contributed by atoms with Gasteiger partial charge in [0.15, 0.2) is 0 Å². The third-order valence-electron chi connectivity index (χ3n) is 2.28. The van der Waals surface area contributed by atoms with E-state index in [1.165, 1.54) is 22.7 Å². The molecule has 0 aliphatic carbocycles. The molecule has 98 valence electrons. The second-order valence-electron chi connectivity index (χ2n) is 3.62. The Morgan fingerprint density at radius 3 is 2.58 bits per heavy atom. The van der Waals surface area contributed by atoms with E-state index < -0.39 is 11.8 Å². The van der Waals surface area contributed by atoms with Crippen LogP contribution >= 0.6 is 22.7 Å². The topological polar surface area (TPSA) is 89.3 Å². The number of rotatable bonds is 4. The number of thiophene rings is 2. The first kappa shape index (κ1) is 13.4. The molecule has 7 heteroatoms. The zero-order valence-corrected chi connectivity index (χ0v) is 11.3. The monoisotopic (exact) mass is 294 g/mol. The highest BCUT2D eigenvalue weighted by molar-refractivity contribution is 7.16. The van der Waals surface area contributed by atoms with Crippen molar-refractivity contribution >= 4 is 40.3 Å². The van der Waals surface area contributed by atoms with Crippen LogP contribution in [-0.2, 0) is 16.1 Å². The summed E-state index contributed by atoms with van der Waals surface area (Å²) in [5, 5.41) is 4.22. The van der Waals surface area contributed by atoms with Crippen molar-refractivity contribution in [1.29, 1.82) is 0 Å². The summed E-state index contributed by atoms with van der Waals surface area (Å²) >= 11 is 2.67. The average molecular weight is 294 g/mol. The molecule has 0 saturated heterocycles. The van der Waals surface area contributed by atoms with Gasteiger partial charge in [-0.2, -0.15) is 0 Å². The number of carbonyl (C=O) groups excluding carboxylic acids is 3. The SMILES string of the molecule is NC(=O)C(=O)NCc1ccc(C(=O)c2cccs2)s1. The van der Waals surface area contributed by atoms with Gasteiger partial charge >= 0.3 is 11.8 Å². The fraction of sp³-hybridized carbons (Fsp3) is 0.0833. The van der Waals surface area contributed by atoms with Crippen LogP contribution in [0.25, 0.3) is 0 Å². The van der Waals surface area contributed by atoms with Crippen LogP contribution in [0, 0.1) is 0 Å². The number of hydrogen-bond donors (Lipinski definition) is 2. The van der Waals surface area contributed by atoms with Crippen molar-refractivity contribution in [3.05, 3.63) is 44.3 Å². The second-order valence-corrected chi connectivity index (χ2v) is 5.74. The molecule has 2 heterocycles. The first-order chi connectivity index (χ1) is 9.08. The summed E-state index contributed by atoms with van der Waals surface area (Å²) in [6.07, 6.45) is 0. The molecule has 0 spiro atoms. The standard InChI is InChI=1S/C12H10N2O3S2/c13-11(16)12(17)14-6-7-3-4-9(19-7)10(15)8-2-1-5-18-8/h1-5H,6H2,(H2,13,16)(H,14,17). The Kier molecular flexibility index (Phi) is 4.08. The van der Waals surface area contributed by atoms with Gasteiger partial charge in [0.2, 0.25) is 5.78 Å². The molecule has 0 fully saturated rings. The molecule has 0 aromatic carbocycles. The number of amides is 2. The molecular weight excluding hydrogens is 284 g/mol. The summed E-state index contributed by atoms with van der Waals surface area (Å²) in [6, 6.07) is 7.03. The van der Waals surface area contributed by atoms with Gasteiger partial charge < -0.3 is 11.1 Å². The van der Waals surface area contributed by atoms with Crippen molar-refractivity contribution in [3.63, 3.8) is 0 Å². The molecule has 2 rings (SSSR count). The van der Waals surface area contributed by atoms with Crippen molar-refractivity contribution in [2.75, 3.05) is 0 Å². The lowest BCUT2D eigenvalue weighted by Gasteiger charge is -1.98. The maximum Gasteiger partial charge on any atom is 0.309 e. The normalized spacial score (nSPS) is 10.1. The van der Waals surface area contributed by atoms with Crippen LogP contribution in [0.5, 0.6) is 0 Å². The van der Waals surface area contributed by atoms with Crippen LogP contribution in [0.1, 0.15) is 19.4 Å². The van der Waals surface area contributed by atoms with Gasteiger partial charge in [-0.25, -0.2) is 0 Å². The number of hydrogen-bond acceptors (Lipinski definition) is 5. The van der Waals surface area contributed by atoms with Gasteiger partial charge in [-0.3, -0.25) is 14.4 Å². The molecule has 2 aromatic rings. The van der Waals surface area contributed by atoms with E-state index >= 15 is 0 Å². The first-order valence-corrected chi connectivity index (χ1v) is 7.02. The predicted molar refractivity (Wildman–Crippen MR) is 73.1 cm³/mol. The van der Waals surface area contributed by atoms with Crippen LogP contribution in [0.15, 0.2) is 29.6 Å². The van der Waals surface area contributed by atoms with Crippen LogP contribution in [0.4, 0.5) is 0 Å². The first-order valence-electron chi connectivity index (χ1n) is 5.32. The zero-order valence-electron chi connectivity index (χ0n) is 9.71. The molecule has 5 nitrogen and oxygen atoms in total. The smallest absolute Gasteiger partial charge is 0.309 e. The highest BCUT2D eigenvalue weighted by Crippen LogP contribution is 2.22. The largest absolute Gasteiger partial charge is 0.361 e. The average Bonchev–Trinajstić information content (AvgIpc) is 3.06. The Labute approximate surface area is 117 Å². The Morgan fingerprint density at radius 2 is 1.95 bits per heavy atom. The van der Waals surface area contributed by atoms with Gasteiger partial charge in [-0.05, 0) is 23.6 Å². The predicted octanol–water partition coefficient (Wildman–Crippen LogP) is 1.14. The molecule has 0 atom stereocenters. The van der Waals surface area contributed by atoms with Crippen molar-refractivity contribution in [2.45, 2.75) is 6.54 Å². The van der Waals surface area contributed by atoms with Crippen molar-refractivity contribution in [3.8, 4) is 0 Å². The van der Waals surface area contributed by atoms with Crippen molar-refractivity contribution in [2.24, 2.45) is 5.73 Å². The highest BCUT2D eigenvalue weighted by Gasteiger charge is 2.13. The minimum absolute atomic E-state index is 0.0347. The highest BCUT2D eigenvalue weighted by atomic mass is 32.1. The Balaban J connectivity index is 2.01. The Hall–Kier alpha value is -1.99. The number of ketones is 1. The van der Waals surface area contributed by atoms with Gasteiger partial charge in [0.05, 0.1) is 16.3 Å². The number of carbonyl (C=O) groups is 3. The van der Waals surface area contributed by atoms with E-state index in [1.54, 1.807) is 18.2 Å². The third kappa shape index (κ3) is 3.27. The van der Waals surface area contributed by atoms with Gasteiger partial charge in [-0.15, -0.1) is 22.7 Å². The van der Waals surface area contributed by atoms with Gasteiger partial charge in [0.25, 0.3) is 0 Å². The second kappa shape index (κ2) is 5.77. The van der Waals surface area contributed by atoms with E-state index in [0.29, 0.717) is 9.75 Å². The zero-order chi connectivity index (χ0) is 13.8. The van der Waals surface area contributed by atoms with Gasteiger partial charge in [0.1, 0.15) is 0 Å². The van der Waals surface area contributed by atoms with Crippen LogP contribution in [0.2, 0.25) is 0 Å². The quantitative estimate of drug-likeness (QED) is 0.654. The van der Waals surface area contributed by atoms with Crippen molar-refractivity contribution in [1.82, 2.24) is 5.32 Å². The summed E-state index contributed by atoms with van der Waals surface area (Å²) in [5.74, 6) is -1.89. The lowest BCUT2D eigenvalue weighted by Crippen LogP contribution is -2.35. The van der Waals surface area contributed by atoms with E-state index in [9.17, 15) is 14.4 Å². The molecular formula is C12H10N2O3S2. The molecule has 0 unspecified atom stereocenters. The lowest BCUT2D eigenvalue weighted by molar-refractivity contribution is -0.137. The van der Waals surface area contributed by atoms with E-state index in [4.69, 9.17) is 5.73 Å². The molecule has 2 amide bonds. The molecule has 19 heavy (non-hydrogen) atoms. The van der Waals surface area contributed by atoms with Crippen molar-refractivity contribution < 1.29 is 14.4 Å². The maximum atomic E-state index is 12.0. The van der Waals surface area contributed by atoms with E-state index in [1.807, 2.05) is 11.4 Å². The Morgan fingerprint density at radius 1 is 1.16 bits per heavy atom. The summed E-state index contributed by atoms with van der Waals surface area (Å²) < 4.78 is 0. The number of nitrogens with one attached hydrogen (secondary N) is 1. The van der Waals surface area contributed by atoms with E-state index in [0.717, 1.165) is 4.88 Å². The van der Waals surface area contributed by atoms with Crippen LogP contribution in [0.3, 0.4) is 0 Å². The summed E-state index contributed by atoms with van der Waals surface area (Å²) in [5.41, 5.74) is 4.82. The lowest BCUT2D eigenvalue weighted by atomic mass is 10.3. The van der Waals surface area contributed by atoms with Crippen LogP contribution < -0.4 is 11.1 Å². The van der Waals surface area contributed by atoms with Gasteiger partial charge in [0, 0.05) is 4.88 Å². The minimum atomic E-state index is -1.02. The molecule has 0 bridgehead atoms. The summed E-state index contributed by atoms with van der Waals surface area (Å²) in [7, 11) is 0. The molecule has 2 aromatic heterocycles. The van der Waals surface area contributed by atoms with Gasteiger partial charge in [-0.1, -0.05) is 6.07 Å². The van der Waals surface area contributed by atoms with E-state index in [2.05, 4.69) is 5.32 Å². The molecule has 0 aliphatic rings. The molecule has 0 aliphatic heterocycles. The summed E-state index contributed by atoms with van der Waals surface area (Å²) in [6.45, 7) is 0.185. The van der Waals surface area contributed by atoms with Crippen LogP contribution in [-0.4, -0.2) is 17.6 Å². The third-order valence-corrected chi connectivity index (χ3v) is 4.23. The Bertz CT molecular complexity index is 617. The maximum absolute atomic E-state index is 12.0. The fourth-order valence-corrected chi connectivity index (χ4v) is 3.02. The number of nitrogens with two attached hydrogens (primary N) is 1. The number of primary amides is 1. The van der Waals surface area contributed by atoms with E-state index in [-0.39, 0.29) is 12.3 Å². The molecule has 3 N–H and O–H groups in total. The summed E-state index contributed by atoms with van der Waals surface area (Å²) in [4.78, 5) is 35.6.